The second kappa shape index (κ2) is 4.40. The van der Waals surface area contributed by atoms with Crippen molar-refractivity contribution in [3.8, 4) is 0 Å². The lowest BCUT2D eigenvalue weighted by atomic mass is 9.94. The first-order valence-corrected chi connectivity index (χ1v) is 8.01. The van der Waals surface area contributed by atoms with Crippen LogP contribution in [0.3, 0.4) is 0 Å². The minimum atomic E-state index is -0.102. The summed E-state index contributed by atoms with van der Waals surface area (Å²) in [6, 6.07) is 0. The number of hydrogen-bond donors (Lipinski definition) is 1. The number of hydrogen-bond acceptors (Lipinski definition) is 1. The molecule has 3 fully saturated rings. The van der Waals surface area contributed by atoms with Gasteiger partial charge in [-0.2, -0.15) is 0 Å². The third-order valence-electron chi connectivity index (χ3n) is 5.89. The first kappa shape index (κ1) is 12.8. The predicted octanol–water partition coefficient (Wildman–Crippen LogP) is 3.19. The van der Waals surface area contributed by atoms with Gasteiger partial charge in [-0.25, -0.2) is 0 Å². The van der Waals surface area contributed by atoms with Crippen molar-refractivity contribution in [3.05, 3.63) is 0 Å². The van der Waals surface area contributed by atoms with Crippen LogP contribution >= 0.6 is 11.6 Å². The normalized spacial score (nSPS) is 43.4. The van der Waals surface area contributed by atoms with Crippen molar-refractivity contribution < 1.29 is 4.79 Å². The first-order valence-electron chi connectivity index (χ1n) is 7.47. The zero-order valence-electron chi connectivity index (χ0n) is 11.4. The van der Waals surface area contributed by atoms with Crippen LogP contribution in [0.1, 0.15) is 46.0 Å². The molecule has 0 heterocycles. The van der Waals surface area contributed by atoms with E-state index < -0.39 is 0 Å². The Morgan fingerprint density at radius 1 is 1.33 bits per heavy atom. The Bertz CT molecular complexity index is 342. The Morgan fingerprint density at radius 2 is 1.94 bits per heavy atom. The molecule has 1 N–H and O–H groups in total. The van der Waals surface area contributed by atoms with Crippen molar-refractivity contribution >= 4 is 17.5 Å². The van der Waals surface area contributed by atoms with Crippen molar-refractivity contribution in [2.45, 2.75) is 51.5 Å². The summed E-state index contributed by atoms with van der Waals surface area (Å²) in [5.74, 6) is 4.50. The van der Waals surface area contributed by atoms with E-state index in [2.05, 4.69) is 19.2 Å². The summed E-state index contributed by atoms with van der Waals surface area (Å²) in [6.07, 6.45) is 5.99. The lowest BCUT2D eigenvalue weighted by molar-refractivity contribution is -0.125. The Labute approximate surface area is 115 Å². The maximum atomic E-state index is 12.4. The molecule has 3 saturated carbocycles. The van der Waals surface area contributed by atoms with Crippen molar-refractivity contribution in [2.24, 2.45) is 29.6 Å². The topological polar surface area (TPSA) is 29.1 Å². The number of carbonyl (C=O) groups is 1. The molecule has 0 radical (unpaired) electrons. The molecule has 3 rings (SSSR count). The number of halogens is 1. The maximum absolute atomic E-state index is 12.4. The van der Waals surface area contributed by atoms with E-state index in [1.807, 2.05) is 0 Å². The van der Waals surface area contributed by atoms with Gasteiger partial charge in [0.15, 0.2) is 0 Å². The first-order chi connectivity index (χ1) is 8.59. The van der Waals surface area contributed by atoms with Crippen LogP contribution in [-0.4, -0.2) is 17.3 Å². The molecule has 0 aromatic heterocycles. The fraction of sp³-hybridized carbons (Fsp3) is 0.933. The molecule has 2 nitrogen and oxygen atoms in total. The monoisotopic (exact) mass is 269 g/mol. The molecular formula is C15H24ClNO. The second-order valence-corrected chi connectivity index (χ2v) is 7.23. The van der Waals surface area contributed by atoms with Crippen LogP contribution in [0.2, 0.25) is 0 Å². The van der Waals surface area contributed by atoms with Crippen molar-refractivity contribution in [2.75, 3.05) is 5.88 Å². The molecule has 5 unspecified atom stereocenters. The van der Waals surface area contributed by atoms with E-state index in [1.54, 1.807) is 0 Å². The van der Waals surface area contributed by atoms with Gasteiger partial charge in [0, 0.05) is 17.3 Å². The second-order valence-electron chi connectivity index (χ2n) is 6.86. The van der Waals surface area contributed by atoms with Gasteiger partial charge in [0.25, 0.3) is 0 Å². The van der Waals surface area contributed by atoms with Crippen LogP contribution in [0.5, 0.6) is 0 Å². The molecule has 0 spiro atoms. The molecule has 3 heteroatoms. The van der Waals surface area contributed by atoms with Gasteiger partial charge < -0.3 is 5.32 Å². The number of amides is 1. The molecule has 1 amide bonds. The fourth-order valence-corrected chi connectivity index (χ4v) is 5.01. The van der Waals surface area contributed by atoms with Gasteiger partial charge in [-0.1, -0.05) is 6.92 Å². The Kier molecular flexibility index (Phi) is 3.12. The van der Waals surface area contributed by atoms with E-state index in [0.29, 0.717) is 17.7 Å². The van der Waals surface area contributed by atoms with E-state index in [1.165, 1.54) is 19.3 Å². The summed E-state index contributed by atoms with van der Waals surface area (Å²) >= 11 is 5.84. The lowest BCUT2D eigenvalue weighted by Gasteiger charge is -2.29. The summed E-state index contributed by atoms with van der Waals surface area (Å²) in [5, 5.41) is 3.28. The average molecular weight is 270 g/mol. The SMILES string of the molecule is CCC(C)(CCCl)NC(=O)C1C2C3CCC(C3)C12. The highest BCUT2D eigenvalue weighted by Gasteiger charge is 2.67. The Morgan fingerprint density at radius 3 is 2.44 bits per heavy atom. The van der Waals surface area contributed by atoms with Crippen LogP contribution in [0, 0.1) is 29.6 Å². The van der Waals surface area contributed by atoms with Gasteiger partial charge in [0.05, 0.1) is 0 Å². The maximum Gasteiger partial charge on any atom is 0.224 e. The molecule has 0 saturated heterocycles. The van der Waals surface area contributed by atoms with Gasteiger partial charge in [0.2, 0.25) is 5.91 Å². The van der Waals surface area contributed by atoms with Crippen molar-refractivity contribution in [1.29, 1.82) is 0 Å². The van der Waals surface area contributed by atoms with Crippen molar-refractivity contribution in [3.63, 3.8) is 0 Å². The number of carbonyl (C=O) groups excluding carboxylic acids is 1. The lowest BCUT2D eigenvalue weighted by Crippen LogP contribution is -2.47. The summed E-state index contributed by atoms with van der Waals surface area (Å²) in [4.78, 5) is 12.4. The largest absolute Gasteiger partial charge is 0.351 e. The fourth-order valence-electron chi connectivity index (χ4n) is 4.59. The zero-order valence-corrected chi connectivity index (χ0v) is 12.2. The van der Waals surface area contributed by atoms with Gasteiger partial charge >= 0.3 is 0 Å². The highest BCUT2D eigenvalue weighted by molar-refractivity contribution is 6.17. The van der Waals surface area contributed by atoms with Gasteiger partial charge in [0.1, 0.15) is 0 Å². The van der Waals surface area contributed by atoms with E-state index in [0.717, 1.165) is 36.5 Å². The van der Waals surface area contributed by atoms with Crippen molar-refractivity contribution in [1.82, 2.24) is 5.32 Å². The predicted molar refractivity (Wildman–Crippen MR) is 73.5 cm³/mol. The molecule has 0 aromatic rings. The molecule has 0 aromatic carbocycles. The van der Waals surface area contributed by atoms with Gasteiger partial charge in [-0.15, -0.1) is 11.6 Å². The zero-order chi connectivity index (χ0) is 12.9. The highest BCUT2D eigenvalue weighted by Crippen LogP contribution is 2.69. The minimum Gasteiger partial charge on any atom is -0.351 e. The summed E-state index contributed by atoms with van der Waals surface area (Å²) in [7, 11) is 0. The number of alkyl halides is 1. The quantitative estimate of drug-likeness (QED) is 0.763. The number of fused-ring (bicyclic) bond motifs is 5. The Balaban J connectivity index is 1.60. The van der Waals surface area contributed by atoms with Crippen LogP contribution in [0.4, 0.5) is 0 Å². The average Bonchev–Trinajstić information content (AvgIpc) is 2.80. The van der Waals surface area contributed by atoms with Crippen LogP contribution in [-0.2, 0) is 4.79 Å². The molecule has 18 heavy (non-hydrogen) atoms. The van der Waals surface area contributed by atoms with Gasteiger partial charge in [-0.3, -0.25) is 4.79 Å². The third-order valence-corrected chi connectivity index (χ3v) is 6.08. The molecule has 2 bridgehead atoms. The van der Waals surface area contributed by atoms with E-state index >= 15 is 0 Å². The standard InChI is InChI=1S/C15H24ClNO/c1-3-15(2,6-7-16)17-14(18)13-11-9-4-5-10(8-9)12(11)13/h9-13H,3-8H2,1-2H3,(H,17,18). The van der Waals surface area contributed by atoms with Gasteiger partial charge in [-0.05, 0) is 62.7 Å². The smallest absolute Gasteiger partial charge is 0.224 e. The molecule has 102 valence electrons. The van der Waals surface area contributed by atoms with Crippen LogP contribution in [0.15, 0.2) is 0 Å². The number of nitrogens with one attached hydrogen (secondary N) is 1. The third kappa shape index (κ3) is 1.88. The highest BCUT2D eigenvalue weighted by atomic mass is 35.5. The van der Waals surface area contributed by atoms with E-state index in [9.17, 15) is 4.79 Å². The molecule has 5 atom stereocenters. The summed E-state index contributed by atoms with van der Waals surface area (Å²) in [6.45, 7) is 4.25. The minimum absolute atomic E-state index is 0.102. The van der Waals surface area contributed by atoms with Crippen LogP contribution < -0.4 is 5.32 Å². The molecule has 3 aliphatic carbocycles. The molecular weight excluding hydrogens is 246 g/mol. The summed E-state index contributed by atoms with van der Waals surface area (Å²) in [5.41, 5.74) is -0.102. The number of rotatable bonds is 5. The van der Waals surface area contributed by atoms with E-state index in [-0.39, 0.29) is 5.54 Å². The molecule has 0 aliphatic heterocycles. The summed E-state index contributed by atoms with van der Waals surface area (Å²) < 4.78 is 0. The molecule has 3 aliphatic rings. The van der Waals surface area contributed by atoms with E-state index in [4.69, 9.17) is 11.6 Å². The van der Waals surface area contributed by atoms with Crippen LogP contribution in [0.25, 0.3) is 0 Å². The Hall–Kier alpha value is -0.240.